The Morgan fingerprint density at radius 3 is 2.64 bits per heavy atom. The van der Waals surface area contributed by atoms with Crippen LogP contribution in [0.4, 0.5) is 5.69 Å². The maximum Gasteiger partial charge on any atom is 0.258 e. The second-order valence-electron chi connectivity index (χ2n) is 6.07. The van der Waals surface area contributed by atoms with Crippen molar-refractivity contribution in [2.45, 2.75) is 33.6 Å². The van der Waals surface area contributed by atoms with Gasteiger partial charge < -0.3 is 9.88 Å². The zero-order chi connectivity index (χ0) is 15.9. The molecule has 0 spiro atoms. The Morgan fingerprint density at radius 1 is 1.14 bits per heavy atom. The normalized spacial score (nSPS) is 13.9. The first kappa shape index (κ1) is 14.6. The van der Waals surface area contributed by atoms with Crippen LogP contribution in [0.3, 0.4) is 0 Å². The first-order valence-electron chi connectivity index (χ1n) is 7.58. The van der Waals surface area contributed by atoms with Crippen molar-refractivity contribution in [3.63, 3.8) is 0 Å². The molecule has 0 bridgehead atoms. The number of nitrogens with zero attached hydrogens (tertiary/aromatic N) is 1. The van der Waals surface area contributed by atoms with E-state index < -0.39 is 0 Å². The minimum Gasteiger partial charge on any atom is -0.326 e. The average Bonchev–Trinajstić information content (AvgIpc) is 2.44. The van der Waals surface area contributed by atoms with E-state index in [1.165, 1.54) is 17.2 Å². The zero-order valence-electron chi connectivity index (χ0n) is 13.2. The lowest BCUT2D eigenvalue weighted by molar-refractivity contribution is 0.0984. The van der Waals surface area contributed by atoms with Gasteiger partial charge >= 0.3 is 0 Å². The number of hydrogen-bond acceptors (Lipinski definition) is 2. The number of hydrogen-bond donors (Lipinski definition) is 1. The highest BCUT2D eigenvalue weighted by molar-refractivity contribution is 6.07. The summed E-state index contributed by atoms with van der Waals surface area (Å²) >= 11 is 0. The Hall–Kier alpha value is -2.36. The molecule has 0 fully saturated rings. The third-order valence-electron chi connectivity index (χ3n) is 4.09. The maximum atomic E-state index is 12.9. The number of aromatic amines is 1. The minimum atomic E-state index is -0.235. The van der Waals surface area contributed by atoms with Gasteiger partial charge in [0.1, 0.15) is 0 Å². The topological polar surface area (TPSA) is 53.2 Å². The fourth-order valence-corrected chi connectivity index (χ4v) is 3.33. The van der Waals surface area contributed by atoms with Crippen molar-refractivity contribution in [2.75, 3.05) is 11.4 Å². The average molecular weight is 296 g/mol. The third-order valence-corrected chi connectivity index (χ3v) is 4.09. The Morgan fingerprint density at radius 2 is 1.91 bits per heavy atom. The number of amides is 1. The number of fused-ring (bicyclic) bond motifs is 1. The van der Waals surface area contributed by atoms with E-state index in [2.05, 4.69) is 24.0 Å². The standard InChI is InChI=1S/C18H20N2O2/c1-11-7-12(2)17-14(8-11)5-4-6-20(17)18(22)15-9-13(3)19-16(21)10-15/h7-10H,4-6H2,1-3H3,(H,19,21). The number of pyridine rings is 1. The fourth-order valence-electron chi connectivity index (χ4n) is 3.33. The molecule has 3 rings (SSSR count). The largest absolute Gasteiger partial charge is 0.326 e. The highest BCUT2D eigenvalue weighted by Gasteiger charge is 2.25. The Balaban J connectivity index is 2.07. The van der Waals surface area contributed by atoms with Crippen LogP contribution in [0.5, 0.6) is 0 Å². The summed E-state index contributed by atoms with van der Waals surface area (Å²) in [4.78, 5) is 29.0. The summed E-state index contributed by atoms with van der Waals surface area (Å²) in [5.41, 5.74) is 5.49. The van der Waals surface area contributed by atoms with Gasteiger partial charge in [-0.15, -0.1) is 0 Å². The van der Waals surface area contributed by atoms with Crippen LogP contribution in [-0.2, 0) is 6.42 Å². The molecule has 2 aromatic rings. The van der Waals surface area contributed by atoms with E-state index in [0.29, 0.717) is 17.8 Å². The molecule has 1 aliphatic rings. The molecule has 1 aromatic carbocycles. The summed E-state index contributed by atoms with van der Waals surface area (Å²) in [5.74, 6) is -0.0953. The second-order valence-corrected chi connectivity index (χ2v) is 6.07. The van der Waals surface area contributed by atoms with Crippen LogP contribution in [0.15, 0.2) is 29.1 Å². The Bertz CT molecular complexity index is 805. The zero-order valence-corrected chi connectivity index (χ0v) is 13.2. The van der Waals surface area contributed by atoms with Crippen molar-refractivity contribution >= 4 is 11.6 Å². The molecular formula is C18H20N2O2. The summed E-state index contributed by atoms with van der Waals surface area (Å²) < 4.78 is 0. The van der Waals surface area contributed by atoms with Gasteiger partial charge in [-0.25, -0.2) is 0 Å². The third kappa shape index (κ3) is 2.56. The van der Waals surface area contributed by atoms with Crippen LogP contribution in [0.25, 0.3) is 0 Å². The number of nitrogens with one attached hydrogen (secondary N) is 1. The first-order chi connectivity index (χ1) is 10.5. The van der Waals surface area contributed by atoms with Crippen molar-refractivity contribution < 1.29 is 4.79 Å². The van der Waals surface area contributed by atoms with Crippen LogP contribution in [0.1, 0.15) is 39.2 Å². The molecule has 1 amide bonds. The molecule has 114 valence electrons. The van der Waals surface area contributed by atoms with E-state index in [-0.39, 0.29) is 11.5 Å². The molecule has 0 unspecified atom stereocenters. The van der Waals surface area contributed by atoms with Crippen LogP contribution in [0, 0.1) is 20.8 Å². The Kier molecular flexibility index (Phi) is 3.61. The first-order valence-corrected chi connectivity index (χ1v) is 7.58. The van der Waals surface area contributed by atoms with E-state index in [0.717, 1.165) is 24.1 Å². The lowest BCUT2D eigenvalue weighted by Gasteiger charge is -2.31. The highest BCUT2D eigenvalue weighted by Crippen LogP contribution is 2.32. The predicted molar refractivity (Wildman–Crippen MR) is 87.7 cm³/mol. The number of aryl methyl sites for hydroxylation is 4. The van der Waals surface area contributed by atoms with E-state index in [4.69, 9.17) is 0 Å². The molecule has 22 heavy (non-hydrogen) atoms. The number of carbonyl (C=O) groups is 1. The van der Waals surface area contributed by atoms with Crippen molar-refractivity contribution in [3.8, 4) is 0 Å². The number of carbonyl (C=O) groups excluding carboxylic acids is 1. The summed E-state index contributed by atoms with van der Waals surface area (Å²) in [5, 5.41) is 0. The van der Waals surface area contributed by atoms with E-state index in [1.807, 2.05) is 11.8 Å². The Labute approximate surface area is 129 Å². The molecule has 4 nitrogen and oxygen atoms in total. The van der Waals surface area contributed by atoms with Gasteiger partial charge in [-0.1, -0.05) is 17.7 Å². The summed E-state index contributed by atoms with van der Waals surface area (Å²) in [6.07, 6.45) is 1.94. The predicted octanol–water partition coefficient (Wildman–Crippen LogP) is 2.89. The summed E-state index contributed by atoms with van der Waals surface area (Å²) in [6.45, 7) is 6.60. The van der Waals surface area contributed by atoms with Gasteiger partial charge in [0, 0.05) is 23.9 Å². The molecule has 0 saturated heterocycles. The fraction of sp³-hybridized carbons (Fsp3) is 0.333. The lowest BCUT2D eigenvalue weighted by Crippen LogP contribution is -2.36. The number of rotatable bonds is 1. The van der Waals surface area contributed by atoms with Crippen LogP contribution < -0.4 is 10.5 Å². The van der Waals surface area contributed by atoms with E-state index in [9.17, 15) is 9.59 Å². The molecule has 4 heteroatoms. The number of anilines is 1. The van der Waals surface area contributed by atoms with Gasteiger partial charge in [-0.3, -0.25) is 9.59 Å². The van der Waals surface area contributed by atoms with Gasteiger partial charge in [0.25, 0.3) is 5.91 Å². The molecule has 0 radical (unpaired) electrons. The molecule has 0 atom stereocenters. The summed E-state index contributed by atoms with van der Waals surface area (Å²) in [6, 6.07) is 7.38. The molecule has 0 saturated carbocycles. The molecule has 1 aromatic heterocycles. The molecule has 0 aliphatic carbocycles. The number of benzene rings is 1. The van der Waals surface area contributed by atoms with Gasteiger partial charge in [-0.2, -0.15) is 0 Å². The quantitative estimate of drug-likeness (QED) is 0.879. The van der Waals surface area contributed by atoms with Gasteiger partial charge in [0.2, 0.25) is 5.56 Å². The van der Waals surface area contributed by atoms with Crippen molar-refractivity contribution in [1.82, 2.24) is 4.98 Å². The highest BCUT2D eigenvalue weighted by atomic mass is 16.2. The second kappa shape index (κ2) is 5.44. The maximum absolute atomic E-state index is 12.9. The van der Waals surface area contributed by atoms with Gasteiger partial charge in [-0.05, 0) is 50.8 Å². The molecule has 1 aliphatic heterocycles. The minimum absolute atomic E-state index is 0.0953. The molecule has 1 N–H and O–H groups in total. The summed E-state index contributed by atoms with van der Waals surface area (Å²) in [7, 11) is 0. The van der Waals surface area contributed by atoms with Crippen molar-refractivity contribution in [3.05, 3.63) is 62.6 Å². The monoisotopic (exact) mass is 296 g/mol. The van der Waals surface area contributed by atoms with Crippen LogP contribution in [0.2, 0.25) is 0 Å². The lowest BCUT2D eigenvalue weighted by atomic mass is 9.95. The molecule has 2 heterocycles. The van der Waals surface area contributed by atoms with Crippen molar-refractivity contribution in [1.29, 1.82) is 0 Å². The van der Waals surface area contributed by atoms with Gasteiger partial charge in [0.15, 0.2) is 0 Å². The van der Waals surface area contributed by atoms with Gasteiger partial charge in [0.05, 0.1) is 5.69 Å². The number of aromatic nitrogens is 1. The smallest absolute Gasteiger partial charge is 0.258 e. The molecular weight excluding hydrogens is 276 g/mol. The van der Waals surface area contributed by atoms with Crippen LogP contribution in [-0.4, -0.2) is 17.4 Å². The number of H-pyrrole nitrogens is 1. The van der Waals surface area contributed by atoms with Crippen LogP contribution >= 0.6 is 0 Å². The van der Waals surface area contributed by atoms with E-state index >= 15 is 0 Å². The van der Waals surface area contributed by atoms with E-state index in [1.54, 1.807) is 13.0 Å². The van der Waals surface area contributed by atoms with Crippen molar-refractivity contribution in [2.24, 2.45) is 0 Å². The SMILES string of the molecule is Cc1cc(C)c2c(c1)CCCN2C(=O)c1cc(C)[nH]c(=O)c1.